The van der Waals surface area contributed by atoms with E-state index in [4.69, 9.17) is 67.2 Å². The van der Waals surface area contributed by atoms with Crippen LogP contribution in [0.1, 0.15) is 155 Å². The number of fused-ring (bicyclic) bond motifs is 8. The standard InChI is InChI=1S/C82H138N32O18S3/c1-45(2)36-54-70(124)100-51(19-11-30-98-81(91)92)68(122)109-58(73(127)104-53(77(131)132)20-12-31-99-82(93)94)40-134-34-25-63(117)112-42-111-43-113(44-112)64(118)26-35-135-41-59(72(126)102-49(17-9-28-96-79(87)88)66(120)103-52(69(123)105-54)22-23-61(84)115)110-75(129)60-21-13-32-114(60)76(130)56(37-46(3)4)107-67(121)50(18-10-29-97-80(89)90)101-71(125)55(38-47-14-6-5-7-15-47)106-74(128)57(39-133-33-24-62(111)116)108-65(119)48(83)16-8-27-95-78(85)86/h5-7,14-15,45-46,48-60H,8-13,16-44,83H2,1-4H3,(H2,84,115)(H,100,124)(H,101,125)(H,102,126)(H,103,120)(H,104,127)(H,105,123)(H,106,128)(H,107,121)(H,108,119)(H,109,122)(H,110,129)(H,131,132)(H4,85,86,95)(H4,87,88,96)(H4,89,90,97)(H4,91,92,98)(H4,93,94,99)/t48-,49+,50+,51+,52+,53+,54+,55+,56+,57+,58+,59+,60+/m1/s1. The number of carboxylic acid groups (broad SMARTS) is 1. The summed E-state index contributed by atoms with van der Waals surface area (Å²) in [6, 6.07) is -11.7. The number of carbonyl (C=O) groups is 17. The lowest BCUT2D eigenvalue weighted by Gasteiger charge is -2.42. The number of rotatable bonds is 34. The number of guanidine groups is 5. The van der Waals surface area contributed by atoms with E-state index in [0.29, 0.717) is 5.56 Å². The van der Waals surface area contributed by atoms with Crippen molar-refractivity contribution in [3.8, 4) is 0 Å². The number of nitrogens with two attached hydrogens (primary N) is 7. The maximum atomic E-state index is 15.4. The Morgan fingerprint density at radius 1 is 0.467 bits per heavy atom. The highest BCUT2D eigenvalue weighted by Crippen LogP contribution is 2.24. The molecule has 16 amide bonds. The van der Waals surface area contributed by atoms with E-state index in [-0.39, 0.29) is 195 Å². The second kappa shape index (κ2) is 59.3. The molecule has 4 heterocycles. The van der Waals surface area contributed by atoms with Crippen LogP contribution in [-0.2, 0) is 87.9 Å². The Morgan fingerprint density at radius 2 is 0.867 bits per heavy atom. The molecule has 0 spiro atoms. The Labute approximate surface area is 796 Å². The predicted molar refractivity (Wildman–Crippen MR) is 506 cm³/mol. The molecule has 4 aliphatic rings. The molecular formula is C82H138N32O18S3. The minimum absolute atomic E-state index is 0.00504. The first-order valence-electron chi connectivity index (χ1n) is 44.9. The van der Waals surface area contributed by atoms with Crippen LogP contribution < -0.4 is 125 Å². The average Bonchev–Trinajstić information content (AvgIpc) is 1.78. The Bertz CT molecular complexity index is 4280. The number of aliphatic carboxylic acids is 1. The van der Waals surface area contributed by atoms with Crippen LogP contribution in [0.5, 0.6) is 0 Å². The molecule has 4 fully saturated rings. The van der Waals surface area contributed by atoms with Gasteiger partial charge >= 0.3 is 5.97 Å². The molecule has 4 saturated heterocycles. The lowest BCUT2D eigenvalue weighted by atomic mass is 10.0. The van der Waals surface area contributed by atoms with Crippen molar-refractivity contribution in [2.45, 2.75) is 235 Å². The van der Waals surface area contributed by atoms with E-state index in [1.165, 1.54) is 19.6 Å². The van der Waals surface area contributed by atoms with Gasteiger partial charge in [0.15, 0.2) is 29.8 Å². The monoisotopic (exact) mass is 1960 g/mol. The van der Waals surface area contributed by atoms with Gasteiger partial charge in [0.1, 0.15) is 72.5 Å². The number of thioether (sulfide) groups is 3. The van der Waals surface area contributed by atoms with Crippen LogP contribution in [0.4, 0.5) is 0 Å². The highest BCUT2D eigenvalue weighted by Gasteiger charge is 2.43. The molecule has 4 bridgehead atoms. The number of nitrogens with one attached hydrogen (secondary N) is 21. The number of hydrogen-bond acceptors (Lipinski definition) is 26. The van der Waals surface area contributed by atoms with Crippen molar-refractivity contribution >= 4 is 166 Å². The van der Waals surface area contributed by atoms with Gasteiger partial charge in [-0.3, -0.25) is 104 Å². The van der Waals surface area contributed by atoms with Crippen LogP contribution in [0.3, 0.4) is 0 Å². The van der Waals surface area contributed by atoms with Gasteiger partial charge in [-0.1, -0.05) is 58.0 Å². The van der Waals surface area contributed by atoms with Crippen LogP contribution >= 0.6 is 35.3 Å². The maximum absolute atomic E-state index is 15.4. The van der Waals surface area contributed by atoms with E-state index in [0.717, 1.165) is 35.3 Å². The lowest BCUT2D eigenvalue weighted by Crippen LogP contribution is -2.61. The van der Waals surface area contributed by atoms with Crippen LogP contribution in [-0.4, -0.2) is 327 Å². The summed E-state index contributed by atoms with van der Waals surface area (Å²) < 4.78 is 0. The summed E-state index contributed by atoms with van der Waals surface area (Å²) in [6.07, 6.45) is -2.98. The number of primary amides is 1. The normalized spacial score (nSPS) is 23.2. The van der Waals surface area contributed by atoms with E-state index in [1.54, 1.807) is 58.0 Å². The third-order valence-corrected chi connectivity index (χ3v) is 24.9. The van der Waals surface area contributed by atoms with Crippen LogP contribution in [0.2, 0.25) is 0 Å². The van der Waals surface area contributed by atoms with Gasteiger partial charge in [-0.05, 0) is 114 Å². The zero-order valence-corrected chi connectivity index (χ0v) is 79.2. The first-order chi connectivity index (χ1) is 64.0. The molecule has 13 atom stereocenters. The summed E-state index contributed by atoms with van der Waals surface area (Å²) in [5.41, 5.74) is 40.4. The highest BCUT2D eigenvalue weighted by atomic mass is 32.2. The van der Waals surface area contributed by atoms with Gasteiger partial charge in [-0.25, -0.2) is 4.79 Å². The first kappa shape index (κ1) is 113. The van der Waals surface area contributed by atoms with Crippen molar-refractivity contribution in [2.24, 2.45) is 52.0 Å². The van der Waals surface area contributed by atoms with E-state index >= 15 is 33.6 Å². The summed E-state index contributed by atoms with van der Waals surface area (Å²) in [4.78, 5) is 255. The fourth-order valence-corrected chi connectivity index (χ4v) is 17.6. The Balaban J connectivity index is 1.75. The van der Waals surface area contributed by atoms with Crippen molar-refractivity contribution in [3.05, 3.63) is 35.9 Å². The molecule has 752 valence electrons. The molecule has 0 radical (unpaired) electrons. The van der Waals surface area contributed by atoms with E-state index in [9.17, 15) is 53.1 Å². The van der Waals surface area contributed by atoms with Gasteiger partial charge in [-0.15, -0.1) is 0 Å². The number of hydrogen-bond donors (Lipinski definition) is 29. The summed E-state index contributed by atoms with van der Waals surface area (Å²) in [5.74, 6) is -20.1. The third-order valence-electron chi connectivity index (χ3n) is 21.7. The molecule has 1 aromatic carbocycles. The summed E-state index contributed by atoms with van der Waals surface area (Å²) in [6.45, 7) is 5.66. The number of nitrogens with zero attached hydrogens (tertiary/aromatic N) is 4. The lowest BCUT2D eigenvalue weighted by molar-refractivity contribution is -0.158. The van der Waals surface area contributed by atoms with Crippen LogP contribution in [0.15, 0.2) is 30.3 Å². The molecule has 0 aliphatic carbocycles. The Kier molecular flexibility index (Phi) is 49.7. The molecule has 135 heavy (non-hydrogen) atoms. The minimum atomic E-state index is -1.75. The molecule has 0 unspecified atom stereocenters. The third kappa shape index (κ3) is 42.4. The van der Waals surface area contributed by atoms with E-state index in [2.05, 4.69) is 85.1 Å². The van der Waals surface area contributed by atoms with Crippen molar-refractivity contribution in [1.29, 1.82) is 27.0 Å². The molecule has 5 rings (SSSR count). The Morgan fingerprint density at radius 3 is 1.33 bits per heavy atom. The largest absolute Gasteiger partial charge is 0.480 e. The number of amides is 16. The molecular weight excluding hydrogens is 1820 g/mol. The SMILES string of the molecule is CC(C)C[C@@H]1NC(=O)[C@H](CCC(N)=O)NC(=O)[C@H](CCCNC(=N)N)NC(=O)[C@@H]2CSCCC(=O)N3CN(CN(C3)C(=O)CCSC[C@@H](C(=O)N[C@@H](CCCNC(=N)N)C(=O)O)NC(=O)[C@H](CCCNC(=N)N)NC1=O)C(=O)CCSC[C@H](NC(=O)[C@H](N)CCCNC(=N)N)C(=O)N[C@@H](Cc1ccccc1)C(=O)N[C@@H](CCCNC(=N)N)C(=O)N[C@@H](CC(C)C)C(=O)N1CCC[C@H]1C(=O)N2. The molecule has 4 aliphatic heterocycles. The van der Waals surface area contributed by atoms with Crippen molar-refractivity contribution in [2.75, 3.05) is 93.8 Å². The van der Waals surface area contributed by atoms with Gasteiger partial charge < -0.3 is 150 Å². The van der Waals surface area contributed by atoms with Crippen molar-refractivity contribution in [1.82, 2.24) is 105 Å². The highest BCUT2D eigenvalue weighted by molar-refractivity contribution is 7.99. The molecule has 53 heteroatoms. The fourth-order valence-electron chi connectivity index (χ4n) is 14.7. The summed E-state index contributed by atoms with van der Waals surface area (Å²) in [7, 11) is 0. The molecule has 1 aromatic rings. The number of carbonyl (C=O) groups excluding carboxylic acids is 16. The maximum Gasteiger partial charge on any atom is 0.326 e. The quantitative estimate of drug-likeness (QED) is 0.0173. The molecule has 0 aromatic heterocycles. The summed E-state index contributed by atoms with van der Waals surface area (Å²) >= 11 is 2.89. The van der Waals surface area contributed by atoms with Gasteiger partial charge in [0, 0.05) is 106 Å². The Hall–Kier alpha value is -12.4. The van der Waals surface area contributed by atoms with Gasteiger partial charge in [-0.2, -0.15) is 35.3 Å². The predicted octanol–water partition coefficient (Wildman–Crippen LogP) is -7.59. The van der Waals surface area contributed by atoms with Gasteiger partial charge in [0.25, 0.3) is 0 Å². The van der Waals surface area contributed by atoms with E-state index in [1.807, 2.05) is 0 Å². The molecule has 0 saturated carbocycles. The van der Waals surface area contributed by atoms with Crippen LogP contribution in [0.25, 0.3) is 0 Å². The average molecular weight is 1960 g/mol. The number of carboxylic acids is 1. The van der Waals surface area contributed by atoms with Crippen molar-refractivity contribution < 1.29 is 86.6 Å². The van der Waals surface area contributed by atoms with E-state index < -0.39 is 247 Å². The van der Waals surface area contributed by atoms with Gasteiger partial charge in [0.2, 0.25) is 94.5 Å². The zero-order chi connectivity index (χ0) is 100.0. The smallest absolute Gasteiger partial charge is 0.326 e. The molecule has 50 nitrogen and oxygen atoms in total. The number of benzene rings is 1. The zero-order valence-electron chi connectivity index (χ0n) is 76.7. The second-order valence-electron chi connectivity index (χ2n) is 33.9. The van der Waals surface area contributed by atoms with Gasteiger partial charge in [0.05, 0.1) is 26.0 Å². The first-order valence-corrected chi connectivity index (χ1v) is 48.4. The van der Waals surface area contributed by atoms with Crippen LogP contribution in [0, 0.1) is 38.9 Å². The second-order valence-corrected chi connectivity index (χ2v) is 37.3. The topological polar surface area (TPSA) is 817 Å². The molecule has 36 N–H and O–H groups in total. The van der Waals surface area contributed by atoms with Crippen molar-refractivity contribution in [3.63, 3.8) is 0 Å². The fraction of sp³-hybridized carbons (Fsp3) is 0.659. The minimum Gasteiger partial charge on any atom is -0.480 e. The summed E-state index contributed by atoms with van der Waals surface area (Å²) in [5, 5.41) is 91.3.